The van der Waals surface area contributed by atoms with Crippen molar-refractivity contribution in [3.63, 3.8) is 0 Å². The summed E-state index contributed by atoms with van der Waals surface area (Å²) in [6.45, 7) is 4.45. The predicted octanol–water partition coefficient (Wildman–Crippen LogP) is 1.23. The first-order valence-electron chi connectivity index (χ1n) is 7.65. The van der Waals surface area contributed by atoms with Crippen LogP contribution in [0.5, 0.6) is 0 Å². The molecule has 0 spiro atoms. The molecule has 1 atom stereocenters. The Balaban J connectivity index is 1.43. The van der Waals surface area contributed by atoms with E-state index < -0.39 is 0 Å². The summed E-state index contributed by atoms with van der Waals surface area (Å²) in [6, 6.07) is 9.85. The number of nitrogens with one attached hydrogen (secondary N) is 1. The lowest BCUT2D eigenvalue weighted by atomic mass is 10.2. The van der Waals surface area contributed by atoms with E-state index in [1.165, 1.54) is 0 Å². The van der Waals surface area contributed by atoms with Crippen molar-refractivity contribution >= 4 is 5.82 Å². The molecule has 0 bridgehead atoms. The molecule has 1 unspecified atom stereocenters. The molecular formula is C16H21N5O. The van der Waals surface area contributed by atoms with Gasteiger partial charge in [0.25, 0.3) is 0 Å². The fourth-order valence-electron chi connectivity index (χ4n) is 2.54. The number of nitrogens with zero attached hydrogens (tertiary/aromatic N) is 4. The molecule has 1 fully saturated rings. The molecule has 2 aromatic heterocycles. The Hall–Kier alpha value is -2.05. The fourth-order valence-corrected chi connectivity index (χ4v) is 2.54. The normalized spacial score (nSPS) is 19.0. The second kappa shape index (κ2) is 7.82. The van der Waals surface area contributed by atoms with E-state index in [1.54, 1.807) is 6.20 Å². The molecule has 1 saturated heterocycles. The molecule has 1 N–H and O–H groups in total. The van der Waals surface area contributed by atoms with E-state index in [2.05, 4.69) is 31.5 Å². The first-order valence-corrected chi connectivity index (χ1v) is 7.65. The number of pyridine rings is 1. The summed E-state index contributed by atoms with van der Waals surface area (Å²) in [6.07, 6.45) is 4.68. The van der Waals surface area contributed by atoms with Crippen molar-refractivity contribution in [1.82, 2.24) is 20.1 Å². The van der Waals surface area contributed by atoms with E-state index in [1.807, 2.05) is 30.5 Å². The van der Waals surface area contributed by atoms with Crippen LogP contribution in [0.25, 0.3) is 0 Å². The monoisotopic (exact) mass is 299 g/mol. The van der Waals surface area contributed by atoms with E-state index in [0.29, 0.717) is 0 Å². The van der Waals surface area contributed by atoms with Crippen molar-refractivity contribution < 1.29 is 4.74 Å². The SMILES string of the molecule is c1ccc(CCN2CCOC(CNc3cccnn3)C2)nc1. The summed E-state index contributed by atoms with van der Waals surface area (Å²) in [5.74, 6) is 0.789. The van der Waals surface area contributed by atoms with E-state index in [0.717, 1.165) is 50.7 Å². The number of rotatable bonds is 6. The molecule has 0 radical (unpaired) electrons. The summed E-state index contributed by atoms with van der Waals surface area (Å²) in [5.41, 5.74) is 1.14. The third-order valence-corrected chi connectivity index (χ3v) is 3.72. The molecule has 0 amide bonds. The Kier molecular flexibility index (Phi) is 5.28. The van der Waals surface area contributed by atoms with Gasteiger partial charge in [0.05, 0.1) is 12.7 Å². The summed E-state index contributed by atoms with van der Waals surface area (Å²) >= 11 is 0. The summed E-state index contributed by atoms with van der Waals surface area (Å²) in [5, 5.41) is 11.1. The zero-order valence-corrected chi connectivity index (χ0v) is 12.6. The average Bonchev–Trinajstić information content (AvgIpc) is 2.60. The van der Waals surface area contributed by atoms with Gasteiger partial charge in [-0.2, -0.15) is 5.10 Å². The Morgan fingerprint density at radius 2 is 2.23 bits per heavy atom. The molecule has 2 aromatic rings. The molecule has 1 aliphatic heterocycles. The largest absolute Gasteiger partial charge is 0.374 e. The highest BCUT2D eigenvalue weighted by Gasteiger charge is 2.20. The van der Waals surface area contributed by atoms with Crippen molar-refractivity contribution in [3.05, 3.63) is 48.4 Å². The Bertz CT molecular complexity index is 501. The number of morpholine rings is 1. The molecular weight excluding hydrogens is 278 g/mol. The van der Waals surface area contributed by atoms with E-state index in [4.69, 9.17) is 4.74 Å². The van der Waals surface area contributed by atoms with Gasteiger partial charge in [-0.15, -0.1) is 5.10 Å². The highest BCUT2D eigenvalue weighted by molar-refractivity contribution is 5.31. The average molecular weight is 299 g/mol. The van der Waals surface area contributed by atoms with Crippen LogP contribution in [-0.2, 0) is 11.2 Å². The predicted molar refractivity (Wildman–Crippen MR) is 84.6 cm³/mol. The lowest BCUT2D eigenvalue weighted by molar-refractivity contribution is -0.0207. The quantitative estimate of drug-likeness (QED) is 0.865. The van der Waals surface area contributed by atoms with E-state index >= 15 is 0 Å². The minimum absolute atomic E-state index is 0.180. The summed E-state index contributed by atoms with van der Waals surface area (Å²) in [7, 11) is 0. The maximum absolute atomic E-state index is 5.81. The van der Waals surface area contributed by atoms with Gasteiger partial charge >= 0.3 is 0 Å². The number of anilines is 1. The van der Waals surface area contributed by atoms with Gasteiger partial charge in [0, 0.05) is 50.7 Å². The topological polar surface area (TPSA) is 63.2 Å². The van der Waals surface area contributed by atoms with Crippen molar-refractivity contribution in [2.45, 2.75) is 12.5 Å². The molecule has 22 heavy (non-hydrogen) atoms. The third-order valence-electron chi connectivity index (χ3n) is 3.72. The van der Waals surface area contributed by atoms with E-state index in [-0.39, 0.29) is 6.10 Å². The lowest BCUT2D eigenvalue weighted by Gasteiger charge is -2.33. The molecule has 3 rings (SSSR count). The van der Waals surface area contributed by atoms with Crippen molar-refractivity contribution in [1.29, 1.82) is 0 Å². The van der Waals surface area contributed by atoms with Gasteiger partial charge in [0.1, 0.15) is 5.82 Å². The number of aromatic nitrogens is 3. The maximum atomic E-state index is 5.81. The number of hydrogen-bond donors (Lipinski definition) is 1. The Labute approximate surface area is 130 Å². The molecule has 3 heterocycles. The zero-order valence-electron chi connectivity index (χ0n) is 12.6. The second-order valence-electron chi connectivity index (χ2n) is 5.35. The van der Waals surface area contributed by atoms with Crippen LogP contribution in [-0.4, -0.2) is 59.0 Å². The molecule has 6 nitrogen and oxygen atoms in total. The second-order valence-corrected chi connectivity index (χ2v) is 5.35. The zero-order chi connectivity index (χ0) is 15.0. The van der Waals surface area contributed by atoms with Crippen LogP contribution in [0.3, 0.4) is 0 Å². The number of hydrogen-bond acceptors (Lipinski definition) is 6. The van der Waals surface area contributed by atoms with Crippen LogP contribution in [0.15, 0.2) is 42.7 Å². The van der Waals surface area contributed by atoms with Crippen molar-refractivity contribution in [2.75, 3.05) is 38.1 Å². The molecule has 0 saturated carbocycles. The maximum Gasteiger partial charge on any atom is 0.148 e. The fraction of sp³-hybridized carbons (Fsp3) is 0.438. The van der Waals surface area contributed by atoms with Gasteiger partial charge < -0.3 is 10.1 Å². The van der Waals surface area contributed by atoms with Crippen molar-refractivity contribution in [3.8, 4) is 0 Å². The van der Waals surface area contributed by atoms with Crippen molar-refractivity contribution in [2.24, 2.45) is 0 Å². The van der Waals surface area contributed by atoms with Gasteiger partial charge in [-0.3, -0.25) is 9.88 Å². The lowest BCUT2D eigenvalue weighted by Crippen LogP contribution is -2.46. The van der Waals surface area contributed by atoms with Gasteiger partial charge in [0.2, 0.25) is 0 Å². The molecule has 0 aromatic carbocycles. The molecule has 1 aliphatic rings. The van der Waals surface area contributed by atoms with Crippen LogP contribution in [0.1, 0.15) is 5.69 Å². The minimum Gasteiger partial charge on any atom is -0.374 e. The Morgan fingerprint density at radius 3 is 3.05 bits per heavy atom. The van der Waals surface area contributed by atoms with Gasteiger partial charge in [0.15, 0.2) is 0 Å². The molecule has 0 aliphatic carbocycles. The van der Waals surface area contributed by atoms with Crippen LogP contribution in [0, 0.1) is 0 Å². The van der Waals surface area contributed by atoms with Crippen LogP contribution < -0.4 is 5.32 Å². The molecule has 116 valence electrons. The number of ether oxygens (including phenoxy) is 1. The first-order chi connectivity index (χ1) is 10.9. The van der Waals surface area contributed by atoms with Gasteiger partial charge in [-0.25, -0.2) is 0 Å². The summed E-state index contributed by atoms with van der Waals surface area (Å²) < 4.78 is 5.81. The Morgan fingerprint density at radius 1 is 1.23 bits per heavy atom. The molecule has 6 heteroatoms. The van der Waals surface area contributed by atoms with Crippen LogP contribution >= 0.6 is 0 Å². The van der Waals surface area contributed by atoms with Crippen LogP contribution in [0.4, 0.5) is 5.82 Å². The van der Waals surface area contributed by atoms with E-state index in [9.17, 15) is 0 Å². The standard InChI is InChI=1S/C16H21N5O/c1-2-7-17-14(4-1)6-9-21-10-11-22-15(13-21)12-18-16-5-3-8-19-20-16/h1-5,7-8,15H,6,9-13H2,(H,18,20). The highest BCUT2D eigenvalue weighted by Crippen LogP contribution is 2.08. The first kappa shape index (κ1) is 14.9. The van der Waals surface area contributed by atoms with Crippen LogP contribution in [0.2, 0.25) is 0 Å². The van der Waals surface area contributed by atoms with Gasteiger partial charge in [-0.05, 0) is 24.3 Å². The summed E-state index contributed by atoms with van der Waals surface area (Å²) in [4.78, 5) is 6.80. The minimum atomic E-state index is 0.180. The smallest absolute Gasteiger partial charge is 0.148 e. The third kappa shape index (κ3) is 4.47. The highest BCUT2D eigenvalue weighted by atomic mass is 16.5. The van der Waals surface area contributed by atoms with Gasteiger partial charge in [-0.1, -0.05) is 6.07 Å².